The van der Waals surface area contributed by atoms with Crippen LogP contribution in [0.1, 0.15) is 53.5 Å². The normalized spacial score (nSPS) is 31.1. The highest BCUT2D eigenvalue weighted by molar-refractivity contribution is 5.81. The number of ether oxygens (including phenoxy) is 7. The first-order chi connectivity index (χ1) is 16.9. The Labute approximate surface area is 211 Å². The first-order valence-electron chi connectivity index (χ1n) is 12.4. The Morgan fingerprint density at radius 1 is 1.03 bits per heavy atom. The molecule has 0 aromatic heterocycles. The van der Waals surface area contributed by atoms with Crippen LogP contribution in [-0.4, -0.2) is 67.0 Å². The van der Waals surface area contributed by atoms with Crippen molar-refractivity contribution in [3.8, 4) is 0 Å². The van der Waals surface area contributed by atoms with E-state index >= 15 is 0 Å². The molecule has 36 heavy (non-hydrogen) atoms. The standard InChI is InChI=1S/C26H37NO9/c1-15(2)12-17(27-24(29)30-13-16-10-8-7-9-11-16)22(28)32-20-19(18-14-31-25(3,4)34-18)33-23-21(20)35-26(5,6)36-23/h7-11,15,17-21,23H,12-14H2,1-6H3,(H,27,29)/t17-,18-,19-,20+,21-,23-/m0/s1. The van der Waals surface area contributed by atoms with E-state index < -0.39 is 60.4 Å². The fourth-order valence-corrected chi connectivity index (χ4v) is 4.62. The van der Waals surface area contributed by atoms with E-state index in [0.29, 0.717) is 6.42 Å². The molecule has 3 heterocycles. The largest absolute Gasteiger partial charge is 0.455 e. The van der Waals surface area contributed by atoms with Crippen LogP contribution in [-0.2, 0) is 44.6 Å². The molecule has 0 bridgehead atoms. The molecule has 3 saturated heterocycles. The monoisotopic (exact) mass is 507 g/mol. The van der Waals surface area contributed by atoms with Crippen LogP contribution < -0.4 is 5.32 Å². The molecule has 3 aliphatic rings. The lowest BCUT2D eigenvalue weighted by atomic mass is 10.0. The van der Waals surface area contributed by atoms with E-state index in [1.807, 2.05) is 58.0 Å². The van der Waals surface area contributed by atoms with Crippen molar-refractivity contribution in [2.24, 2.45) is 5.92 Å². The Balaban J connectivity index is 1.44. The van der Waals surface area contributed by atoms with Gasteiger partial charge in [0.2, 0.25) is 0 Å². The summed E-state index contributed by atoms with van der Waals surface area (Å²) in [7, 11) is 0. The Bertz CT molecular complexity index is 919. The van der Waals surface area contributed by atoms with Gasteiger partial charge in [0.15, 0.2) is 30.1 Å². The minimum Gasteiger partial charge on any atom is -0.455 e. The summed E-state index contributed by atoms with van der Waals surface area (Å²) in [6, 6.07) is 8.39. The molecule has 0 unspecified atom stereocenters. The number of amides is 1. The fourth-order valence-electron chi connectivity index (χ4n) is 4.62. The third-order valence-corrected chi connectivity index (χ3v) is 6.17. The van der Waals surface area contributed by atoms with Crippen LogP contribution in [0, 0.1) is 5.92 Å². The van der Waals surface area contributed by atoms with Gasteiger partial charge in [-0.05, 0) is 45.6 Å². The topological polar surface area (TPSA) is 111 Å². The highest BCUT2D eigenvalue weighted by Gasteiger charge is 2.60. The van der Waals surface area contributed by atoms with Crippen molar-refractivity contribution in [3.05, 3.63) is 35.9 Å². The Hall–Kier alpha value is -2.24. The molecule has 10 nitrogen and oxygen atoms in total. The van der Waals surface area contributed by atoms with Crippen LogP contribution in [0.5, 0.6) is 0 Å². The summed E-state index contributed by atoms with van der Waals surface area (Å²) in [6.07, 6.45) is -3.66. The molecule has 1 amide bonds. The average molecular weight is 508 g/mol. The van der Waals surface area contributed by atoms with Gasteiger partial charge in [0.25, 0.3) is 0 Å². The summed E-state index contributed by atoms with van der Waals surface area (Å²) >= 11 is 0. The maximum absolute atomic E-state index is 13.4. The second-order valence-corrected chi connectivity index (χ2v) is 10.7. The van der Waals surface area contributed by atoms with Crippen molar-refractivity contribution < 1.29 is 42.7 Å². The molecule has 200 valence electrons. The maximum Gasteiger partial charge on any atom is 0.408 e. The lowest BCUT2D eigenvalue weighted by Gasteiger charge is -2.30. The fraction of sp³-hybridized carbons (Fsp3) is 0.692. The van der Waals surface area contributed by atoms with Gasteiger partial charge < -0.3 is 38.5 Å². The van der Waals surface area contributed by atoms with E-state index in [1.165, 1.54) is 0 Å². The number of hydrogen-bond donors (Lipinski definition) is 1. The number of nitrogens with one attached hydrogen (secondary N) is 1. The smallest absolute Gasteiger partial charge is 0.408 e. The zero-order valence-electron chi connectivity index (χ0n) is 21.7. The molecule has 0 saturated carbocycles. The molecule has 0 radical (unpaired) electrons. The molecule has 0 aliphatic carbocycles. The molecular weight excluding hydrogens is 470 g/mol. The first kappa shape index (κ1) is 26.8. The Morgan fingerprint density at radius 3 is 2.39 bits per heavy atom. The van der Waals surface area contributed by atoms with Crippen molar-refractivity contribution in [1.29, 1.82) is 0 Å². The molecule has 3 aliphatic heterocycles. The molecule has 6 atom stereocenters. The van der Waals surface area contributed by atoms with E-state index in [-0.39, 0.29) is 19.1 Å². The van der Waals surface area contributed by atoms with Gasteiger partial charge in [-0.2, -0.15) is 0 Å². The molecule has 4 rings (SSSR count). The van der Waals surface area contributed by atoms with E-state index in [9.17, 15) is 9.59 Å². The van der Waals surface area contributed by atoms with Gasteiger partial charge >= 0.3 is 12.1 Å². The zero-order valence-corrected chi connectivity index (χ0v) is 21.7. The number of fused-ring (bicyclic) bond motifs is 1. The molecular formula is C26H37NO9. The number of esters is 1. The summed E-state index contributed by atoms with van der Waals surface area (Å²) < 4.78 is 41.0. The third kappa shape index (κ3) is 6.54. The van der Waals surface area contributed by atoms with Gasteiger partial charge in [-0.3, -0.25) is 0 Å². The minimum absolute atomic E-state index is 0.0908. The average Bonchev–Trinajstić information content (AvgIpc) is 3.41. The zero-order chi connectivity index (χ0) is 26.1. The second-order valence-electron chi connectivity index (χ2n) is 10.7. The molecule has 1 aromatic rings. The Morgan fingerprint density at radius 2 is 1.75 bits per heavy atom. The number of carbonyl (C=O) groups is 2. The number of alkyl carbamates (subject to hydrolysis) is 1. The number of rotatable bonds is 8. The predicted octanol–water partition coefficient (Wildman–Crippen LogP) is 3.27. The summed E-state index contributed by atoms with van der Waals surface area (Å²) in [5.41, 5.74) is 0.843. The third-order valence-electron chi connectivity index (χ3n) is 6.17. The number of carbonyl (C=O) groups excluding carboxylic acids is 2. The Kier molecular flexibility index (Phi) is 7.92. The number of hydrogen-bond acceptors (Lipinski definition) is 9. The highest BCUT2D eigenvalue weighted by atomic mass is 16.8. The van der Waals surface area contributed by atoms with E-state index in [4.69, 9.17) is 33.2 Å². The van der Waals surface area contributed by atoms with Crippen molar-refractivity contribution in [1.82, 2.24) is 5.32 Å². The van der Waals surface area contributed by atoms with Crippen LogP contribution in [0.3, 0.4) is 0 Å². The second kappa shape index (κ2) is 10.6. The highest BCUT2D eigenvalue weighted by Crippen LogP contribution is 2.42. The first-order valence-corrected chi connectivity index (χ1v) is 12.4. The van der Waals surface area contributed by atoms with Crippen LogP contribution >= 0.6 is 0 Å². The van der Waals surface area contributed by atoms with E-state index in [0.717, 1.165) is 5.56 Å². The SMILES string of the molecule is CC(C)C[C@H](NC(=O)OCc1ccccc1)C(=O)O[C@H]1[C@@H]2OC(C)(C)O[C@@H]2O[C@H]1[C@@H]1COC(C)(C)O1. The summed E-state index contributed by atoms with van der Waals surface area (Å²) in [5, 5.41) is 2.66. The number of benzene rings is 1. The van der Waals surface area contributed by atoms with Gasteiger partial charge in [-0.1, -0.05) is 44.2 Å². The van der Waals surface area contributed by atoms with Crippen LogP contribution in [0.2, 0.25) is 0 Å². The maximum atomic E-state index is 13.4. The minimum atomic E-state index is -0.916. The van der Waals surface area contributed by atoms with E-state index in [1.54, 1.807) is 13.8 Å². The molecule has 10 heteroatoms. The van der Waals surface area contributed by atoms with Crippen molar-refractivity contribution in [2.45, 2.75) is 103 Å². The summed E-state index contributed by atoms with van der Waals surface area (Å²) in [5.74, 6) is -2.18. The molecule has 0 spiro atoms. The van der Waals surface area contributed by atoms with Crippen molar-refractivity contribution in [2.75, 3.05) is 6.61 Å². The lowest BCUT2D eigenvalue weighted by molar-refractivity contribution is -0.235. The van der Waals surface area contributed by atoms with Gasteiger partial charge in [0.1, 0.15) is 24.9 Å². The van der Waals surface area contributed by atoms with Gasteiger partial charge in [0, 0.05) is 0 Å². The summed E-state index contributed by atoms with van der Waals surface area (Å²) in [4.78, 5) is 25.9. The van der Waals surface area contributed by atoms with E-state index in [2.05, 4.69) is 5.32 Å². The van der Waals surface area contributed by atoms with Crippen LogP contribution in [0.25, 0.3) is 0 Å². The molecule has 3 fully saturated rings. The van der Waals surface area contributed by atoms with Crippen LogP contribution in [0.4, 0.5) is 4.79 Å². The van der Waals surface area contributed by atoms with Gasteiger partial charge in [-0.15, -0.1) is 0 Å². The quantitative estimate of drug-likeness (QED) is 0.530. The predicted molar refractivity (Wildman–Crippen MR) is 126 cm³/mol. The van der Waals surface area contributed by atoms with Crippen molar-refractivity contribution in [3.63, 3.8) is 0 Å². The molecule has 1 aromatic carbocycles. The molecule has 1 N–H and O–H groups in total. The lowest BCUT2D eigenvalue weighted by Crippen LogP contribution is -2.49. The van der Waals surface area contributed by atoms with Gasteiger partial charge in [-0.25, -0.2) is 9.59 Å². The van der Waals surface area contributed by atoms with Crippen LogP contribution in [0.15, 0.2) is 30.3 Å². The van der Waals surface area contributed by atoms with Gasteiger partial charge in [0.05, 0.1) is 6.61 Å². The summed E-state index contributed by atoms with van der Waals surface area (Å²) in [6.45, 7) is 11.4. The van der Waals surface area contributed by atoms with Crippen molar-refractivity contribution >= 4 is 12.1 Å².